The van der Waals surface area contributed by atoms with E-state index in [9.17, 15) is 0 Å². The standard InChI is InChI=1S/C7H15INO3/c1-7(11-2)4-9-3-6(8-10)12-5-7/h6,9-10H,3-5H2,1-2H3/q-1/t6-,7+/m0/s1. The molecular weight excluding hydrogens is 273 g/mol. The van der Waals surface area contributed by atoms with Crippen molar-refractivity contribution in [3.63, 3.8) is 0 Å². The summed E-state index contributed by atoms with van der Waals surface area (Å²) in [6.07, 6.45) is 0. The van der Waals surface area contributed by atoms with Crippen LogP contribution in [0.4, 0.5) is 0 Å². The van der Waals surface area contributed by atoms with Gasteiger partial charge in [-0.1, -0.05) is 0 Å². The van der Waals surface area contributed by atoms with Gasteiger partial charge in [-0.2, -0.15) is 0 Å². The number of rotatable bonds is 2. The van der Waals surface area contributed by atoms with Crippen LogP contribution < -0.4 is 26.9 Å². The third kappa shape index (κ3) is 2.81. The molecule has 4 nitrogen and oxygen atoms in total. The van der Waals surface area contributed by atoms with E-state index in [1.807, 2.05) is 6.92 Å². The van der Waals surface area contributed by atoms with Crippen LogP contribution in [-0.2, 0) is 9.47 Å². The first kappa shape index (κ1) is 10.6. The second-order valence-electron chi connectivity index (χ2n) is 3.10. The molecule has 1 aliphatic rings. The van der Waals surface area contributed by atoms with E-state index >= 15 is 0 Å². The molecule has 1 heterocycles. The van der Waals surface area contributed by atoms with Gasteiger partial charge in [0.25, 0.3) is 0 Å². The van der Waals surface area contributed by atoms with E-state index in [1.54, 1.807) is 7.11 Å². The van der Waals surface area contributed by atoms with Crippen LogP contribution in [0.3, 0.4) is 0 Å². The van der Waals surface area contributed by atoms with Crippen molar-refractivity contribution >= 4 is 0 Å². The molecule has 12 heavy (non-hydrogen) atoms. The van der Waals surface area contributed by atoms with Crippen LogP contribution in [0, 0.1) is 0 Å². The molecule has 2 atom stereocenters. The Hall–Kier alpha value is 0.570. The molecule has 1 rings (SSSR count). The zero-order chi connectivity index (χ0) is 9.03. The van der Waals surface area contributed by atoms with Gasteiger partial charge in [0.15, 0.2) is 0 Å². The van der Waals surface area contributed by atoms with Gasteiger partial charge in [0.1, 0.15) is 0 Å². The van der Waals surface area contributed by atoms with Gasteiger partial charge in [-0.3, -0.25) is 0 Å². The average Bonchev–Trinajstić information content (AvgIpc) is 2.28. The third-order valence-electron chi connectivity index (χ3n) is 1.97. The summed E-state index contributed by atoms with van der Waals surface area (Å²) in [6.45, 7) is 4.08. The summed E-state index contributed by atoms with van der Waals surface area (Å²) >= 11 is -0.819. The van der Waals surface area contributed by atoms with E-state index < -0.39 is 21.6 Å². The molecule has 1 aliphatic heterocycles. The number of nitrogens with one attached hydrogen (secondary N) is 1. The number of hydrogen-bond acceptors (Lipinski definition) is 4. The van der Waals surface area contributed by atoms with Crippen LogP contribution in [0.25, 0.3) is 0 Å². The first-order valence-electron chi connectivity index (χ1n) is 3.85. The van der Waals surface area contributed by atoms with Crippen LogP contribution in [0.15, 0.2) is 0 Å². The van der Waals surface area contributed by atoms with Crippen molar-refractivity contribution < 1.29 is 34.5 Å². The van der Waals surface area contributed by atoms with E-state index in [4.69, 9.17) is 12.9 Å². The van der Waals surface area contributed by atoms with Crippen molar-refractivity contribution in [3.05, 3.63) is 0 Å². The summed E-state index contributed by atoms with van der Waals surface area (Å²) < 4.78 is 19.7. The summed E-state index contributed by atoms with van der Waals surface area (Å²) in [7, 11) is 1.68. The molecule has 0 radical (unpaired) electrons. The normalized spacial score (nSPS) is 38.1. The Kier molecular flexibility index (Phi) is 4.18. The number of ether oxygens (including phenoxy) is 2. The third-order valence-corrected chi connectivity index (χ3v) is 3.40. The molecule has 2 N–H and O–H groups in total. The molecule has 0 aromatic rings. The second-order valence-corrected chi connectivity index (χ2v) is 5.05. The predicted octanol–water partition coefficient (Wildman–Crippen LogP) is -3.67. The van der Waals surface area contributed by atoms with Crippen LogP contribution in [0.1, 0.15) is 6.92 Å². The molecule has 0 amide bonds. The molecule has 74 valence electrons. The molecule has 0 bridgehead atoms. The Labute approximate surface area is 83.4 Å². The van der Waals surface area contributed by atoms with E-state index in [0.717, 1.165) is 13.1 Å². The molecule has 5 heteroatoms. The summed E-state index contributed by atoms with van der Waals surface area (Å²) in [5.74, 6) is 0. The molecular formula is C7H15INO3-. The first-order valence-corrected chi connectivity index (χ1v) is 6.06. The second kappa shape index (κ2) is 4.71. The van der Waals surface area contributed by atoms with Gasteiger partial charge < -0.3 is 0 Å². The van der Waals surface area contributed by atoms with Crippen LogP contribution in [0.2, 0.25) is 0 Å². The van der Waals surface area contributed by atoms with Gasteiger partial charge in [0.2, 0.25) is 0 Å². The average molecular weight is 288 g/mol. The Morgan fingerprint density at radius 1 is 1.75 bits per heavy atom. The van der Waals surface area contributed by atoms with Gasteiger partial charge >= 0.3 is 83.3 Å². The summed E-state index contributed by atoms with van der Waals surface area (Å²) in [6, 6.07) is 0. The Morgan fingerprint density at radius 3 is 3.08 bits per heavy atom. The molecule has 0 aromatic carbocycles. The quantitative estimate of drug-likeness (QED) is 0.406. The van der Waals surface area contributed by atoms with E-state index in [2.05, 4.69) is 5.32 Å². The zero-order valence-electron chi connectivity index (χ0n) is 7.34. The van der Waals surface area contributed by atoms with Crippen molar-refractivity contribution in [1.82, 2.24) is 5.32 Å². The Morgan fingerprint density at radius 2 is 2.50 bits per heavy atom. The van der Waals surface area contributed by atoms with E-state index in [1.165, 1.54) is 0 Å². The van der Waals surface area contributed by atoms with Crippen LogP contribution >= 0.6 is 0 Å². The fraction of sp³-hybridized carbons (Fsp3) is 1.00. The number of hydrogen-bond donors (Lipinski definition) is 2. The summed E-state index contributed by atoms with van der Waals surface area (Å²) in [4.78, 5) is 0. The number of methoxy groups -OCH3 is 1. The predicted molar refractivity (Wildman–Crippen MR) is 40.2 cm³/mol. The number of halogens is 1. The maximum atomic E-state index is 8.96. The van der Waals surface area contributed by atoms with Crippen LogP contribution in [0.5, 0.6) is 0 Å². The molecule has 1 saturated heterocycles. The minimum atomic E-state index is -0.819. The van der Waals surface area contributed by atoms with Crippen molar-refractivity contribution in [2.75, 3.05) is 26.8 Å². The topological polar surface area (TPSA) is 50.7 Å². The molecule has 0 aliphatic carbocycles. The fourth-order valence-electron chi connectivity index (χ4n) is 1.02. The SMILES string of the molecule is CO[C@]1(C)CNC[C@@H]([I-]O)OC1. The minimum absolute atomic E-state index is 0.0146. The van der Waals surface area contributed by atoms with Crippen LogP contribution in [-0.4, -0.2) is 40.0 Å². The first-order chi connectivity index (χ1) is 5.70. The van der Waals surface area contributed by atoms with Crippen molar-refractivity contribution in [2.24, 2.45) is 0 Å². The Bertz CT molecular complexity index is 147. The van der Waals surface area contributed by atoms with Gasteiger partial charge in [0.05, 0.1) is 0 Å². The zero-order valence-corrected chi connectivity index (χ0v) is 9.50. The monoisotopic (exact) mass is 288 g/mol. The van der Waals surface area contributed by atoms with E-state index in [-0.39, 0.29) is 9.71 Å². The number of alkyl halides is 1. The van der Waals surface area contributed by atoms with Crippen molar-refractivity contribution in [3.8, 4) is 0 Å². The van der Waals surface area contributed by atoms with Gasteiger partial charge in [-0.05, 0) is 0 Å². The molecule has 0 unspecified atom stereocenters. The van der Waals surface area contributed by atoms with Gasteiger partial charge in [-0.15, -0.1) is 0 Å². The van der Waals surface area contributed by atoms with Crippen molar-refractivity contribution in [2.45, 2.75) is 16.6 Å². The molecule has 0 aromatic heterocycles. The fourth-order valence-corrected chi connectivity index (χ4v) is 1.87. The summed E-state index contributed by atoms with van der Waals surface area (Å²) in [5, 5.41) is 3.21. The molecule has 0 saturated carbocycles. The van der Waals surface area contributed by atoms with E-state index in [0.29, 0.717) is 6.61 Å². The van der Waals surface area contributed by atoms with Gasteiger partial charge in [0, 0.05) is 0 Å². The maximum absolute atomic E-state index is 8.96. The summed E-state index contributed by atoms with van der Waals surface area (Å²) in [5.41, 5.74) is -0.242. The Balaban J connectivity index is 2.44. The van der Waals surface area contributed by atoms with Crippen molar-refractivity contribution in [1.29, 1.82) is 0 Å². The molecule has 0 spiro atoms. The van der Waals surface area contributed by atoms with Gasteiger partial charge in [-0.25, -0.2) is 0 Å². The molecule has 1 fully saturated rings.